The zero-order valence-electron chi connectivity index (χ0n) is 25.4. The molecule has 5 unspecified atom stereocenters. The predicted octanol–water partition coefficient (Wildman–Crippen LogP) is 7.52. The summed E-state index contributed by atoms with van der Waals surface area (Å²) in [6.45, 7) is 19.8. The second-order valence-electron chi connectivity index (χ2n) is 11.9. The van der Waals surface area contributed by atoms with Crippen molar-refractivity contribution in [1.82, 2.24) is 0 Å². The second-order valence-corrected chi connectivity index (χ2v) is 11.9. The van der Waals surface area contributed by atoms with E-state index >= 15 is 0 Å². The van der Waals surface area contributed by atoms with E-state index in [2.05, 4.69) is 12.7 Å². The molecule has 6 heteroatoms. The first kappa shape index (κ1) is 32.3. The molecule has 0 spiro atoms. The Kier molecular flexibility index (Phi) is 11.1. The van der Waals surface area contributed by atoms with E-state index in [4.69, 9.17) is 9.47 Å². The van der Waals surface area contributed by atoms with Gasteiger partial charge >= 0.3 is 5.97 Å². The van der Waals surface area contributed by atoms with E-state index in [0.29, 0.717) is 32.1 Å². The third kappa shape index (κ3) is 7.01. The van der Waals surface area contributed by atoms with Crippen molar-refractivity contribution in [3.63, 3.8) is 0 Å². The summed E-state index contributed by atoms with van der Waals surface area (Å²) in [6, 6.07) is 0. The van der Waals surface area contributed by atoms with Crippen LogP contribution in [0.5, 0.6) is 0 Å². The van der Waals surface area contributed by atoms with Gasteiger partial charge in [-0.1, -0.05) is 55.7 Å². The molecule has 1 aliphatic heterocycles. The highest BCUT2D eigenvalue weighted by molar-refractivity contribution is 6.12. The van der Waals surface area contributed by atoms with Crippen molar-refractivity contribution in [3.8, 4) is 0 Å². The monoisotopic (exact) mass is 540 g/mol. The minimum atomic E-state index is -1.22. The number of ketones is 2. The van der Waals surface area contributed by atoms with Gasteiger partial charge in [-0.15, -0.1) is 0 Å². The lowest BCUT2D eigenvalue weighted by atomic mass is 9.61. The lowest BCUT2D eigenvalue weighted by molar-refractivity contribution is -0.141. The van der Waals surface area contributed by atoms with Crippen molar-refractivity contribution in [2.24, 2.45) is 23.2 Å². The van der Waals surface area contributed by atoms with Crippen molar-refractivity contribution >= 4 is 17.5 Å². The summed E-state index contributed by atoms with van der Waals surface area (Å²) in [6.07, 6.45) is 6.19. The summed E-state index contributed by atoms with van der Waals surface area (Å²) < 4.78 is 11.4. The van der Waals surface area contributed by atoms with E-state index in [1.807, 2.05) is 54.5 Å². The topological polar surface area (TPSA) is 89.9 Å². The molecule has 1 aliphatic carbocycles. The fourth-order valence-corrected chi connectivity index (χ4v) is 5.53. The van der Waals surface area contributed by atoms with Crippen LogP contribution in [0.15, 0.2) is 58.1 Å². The number of hydrogen-bond acceptors (Lipinski definition) is 6. The Bertz CT molecular complexity index is 1110. The average molecular weight is 541 g/mol. The number of allylic oxidation sites excluding steroid dienone is 8. The number of aliphatic hydroxyl groups is 1. The Morgan fingerprint density at radius 3 is 2.26 bits per heavy atom. The molecule has 0 fully saturated rings. The molecule has 0 radical (unpaired) electrons. The average Bonchev–Trinajstić information content (AvgIpc) is 2.85. The molecule has 1 N–H and O–H groups in total. The van der Waals surface area contributed by atoms with Gasteiger partial charge in [0.05, 0.1) is 30.4 Å². The zero-order chi connectivity index (χ0) is 29.7. The fourth-order valence-electron chi connectivity index (χ4n) is 5.53. The van der Waals surface area contributed by atoms with Crippen LogP contribution in [0.3, 0.4) is 0 Å². The maximum atomic E-state index is 14.8. The van der Waals surface area contributed by atoms with Crippen LogP contribution in [0.25, 0.3) is 0 Å². The molecule has 0 aromatic carbocycles. The van der Waals surface area contributed by atoms with Crippen LogP contribution in [0.2, 0.25) is 0 Å². The van der Waals surface area contributed by atoms with Crippen molar-refractivity contribution in [3.05, 3.63) is 58.1 Å². The molecule has 6 nitrogen and oxygen atoms in total. The van der Waals surface area contributed by atoms with Crippen molar-refractivity contribution in [2.75, 3.05) is 7.11 Å². The van der Waals surface area contributed by atoms with Gasteiger partial charge < -0.3 is 14.6 Å². The Morgan fingerprint density at radius 1 is 1.13 bits per heavy atom. The molecule has 2 rings (SSSR count). The normalized spacial score (nSPS) is 24.4. The lowest BCUT2D eigenvalue weighted by Gasteiger charge is -2.45. The van der Waals surface area contributed by atoms with Crippen molar-refractivity contribution < 1.29 is 29.0 Å². The van der Waals surface area contributed by atoms with Crippen LogP contribution in [0, 0.1) is 23.2 Å². The van der Waals surface area contributed by atoms with Gasteiger partial charge in [-0.25, -0.2) is 0 Å². The highest BCUT2D eigenvalue weighted by Crippen LogP contribution is 2.54. The molecule has 39 heavy (non-hydrogen) atoms. The Morgan fingerprint density at radius 2 is 1.74 bits per heavy atom. The van der Waals surface area contributed by atoms with Crippen molar-refractivity contribution in [1.29, 1.82) is 0 Å². The molecule has 0 aromatic rings. The summed E-state index contributed by atoms with van der Waals surface area (Å²) in [5.41, 5.74) is 2.14. The number of carbonyl (C=O) groups excluding carboxylic acids is 3. The molecule has 0 amide bonds. The Balaban J connectivity index is 2.94. The molecular weight excluding hydrogens is 492 g/mol. The molecule has 0 saturated carbocycles. The number of Topliss-reactive ketones (excluding diaryl/α,β-unsaturated/α-hetero) is 2. The molecular formula is C33H48O6. The number of esters is 1. The summed E-state index contributed by atoms with van der Waals surface area (Å²) in [5, 5.41) is 11.6. The number of hydrogen-bond donors (Lipinski definition) is 1. The molecule has 2 aliphatic rings. The smallest absolute Gasteiger partial charge is 0.306 e. The van der Waals surface area contributed by atoms with Gasteiger partial charge in [-0.2, -0.15) is 0 Å². The maximum absolute atomic E-state index is 14.8. The Hall–Kier alpha value is -2.89. The lowest BCUT2D eigenvalue weighted by Crippen LogP contribution is -2.48. The highest BCUT2D eigenvalue weighted by Gasteiger charge is 2.56. The molecule has 216 valence electrons. The van der Waals surface area contributed by atoms with Crippen LogP contribution in [0.1, 0.15) is 93.9 Å². The molecule has 1 heterocycles. The van der Waals surface area contributed by atoms with Crippen LogP contribution < -0.4 is 0 Å². The molecule has 0 saturated heterocycles. The first-order valence-electron chi connectivity index (χ1n) is 14.1. The van der Waals surface area contributed by atoms with Gasteiger partial charge in [0.1, 0.15) is 17.6 Å². The van der Waals surface area contributed by atoms with Crippen LogP contribution in [0.4, 0.5) is 0 Å². The fraction of sp³-hybridized carbons (Fsp3) is 0.606. The van der Waals surface area contributed by atoms with E-state index in [-0.39, 0.29) is 46.6 Å². The van der Waals surface area contributed by atoms with E-state index < -0.39 is 29.3 Å². The number of methoxy groups -OCH3 is 1. The predicted molar refractivity (Wildman–Crippen MR) is 155 cm³/mol. The number of carbonyl (C=O) groups is 3. The minimum Gasteiger partial charge on any atom is -0.507 e. The van der Waals surface area contributed by atoms with Crippen LogP contribution in [-0.2, 0) is 23.9 Å². The van der Waals surface area contributed by atoms with Gasteiger partial charge in [0, 0.05) is 11.5 Å². The van der Waals surface area contributed by atoms with E-state index in [1.165, 1.54) is 12.7 Å². The van der Waals surface area contributed by atoms with E-state index in [0.717, 1.165) is 11.1 Å². The number of ether oxygens (including phenoxy) is 2. The summed E-state index contributed by atoms with van der Waals surface area (Å²) >= 11 is 0. The minimum absolute atomic E-state index is 0.0561. The number of rotatable bonds is 12. The van der Waals surface area contributed by atoms with Gasteiger partial charge in [-0.3, -0.25) is 14.4 Å². The first-order chi connectivity index (χ1) is 18.2. The first-order valence-corrected chi connectivity index (χ1v) is 14.1. The largest absolute Gasteiger partial charge is 0.507 e. The number of aliphatic hydroxyl groups excluding tert-OH is 1. The van der Waals surface area contributed by atoms with E-state index in [9.17, 15) is 19.5 Å². The van der Waals surface area contributed by atoms with Gasteiger partial charge in [0.15, 0.2) is 11.6 Å². The van der Waals surface area contributed by atoms with Crippen LogP contribution in [-0.4, -0.2) is 35.9 Å². The quantitative estimate of drug-likeness (QED) is 0.203. The summed E-state index contributed by atoms with van der Waals surface area (Å²) in [5.74, 6) is -2.21. The Labute approximate surface area is 234 Å². The zero-order valence-corrected chi connectivity index (χ0v) is 25.4. The summed E-state index contributed by atoms with van der Waals surface area (Å²) in [7, 11) is 1.31. The molecule has 5 atom stereocenters. The third-order valence-corrected chi connectivity index (χ3v) is 8.15. The maximum Gasteiger partial charge on any atom is 0.306 e. The molecule has 0 aromatic heterocycles. The SMILES string of the molecule is C=C(C)C(CC=C(C)C)CC1(CC=C(C)C)C(=O)C(C(CCC)CC(=O)OC)=C(O)C2=C1OC(C)C(C)C2=O. The standard InChI is InChI=1S/C33H48O6/c1-11-12-24(17-26(34)38-10)27-30(36)28-29(35)22(8)23(9)39-32(28)33(31(27)37,16-15-20(4)5)18-25(21(6)7)14-13-19(2)3/h13,15,22-25,36H,6,11-12,14,16-18H2,1-5,7-10H3. The van der Waals surface area contributed by atoms with Crippen molar-refractivity contribution in [2.45, 2.75) is 100 Å². The van der Waals surface area contributed by atoms with Gasteiger partial charge in [0.25, 0.3) is 0 Å². The molecule has 0 bridgehead atoms. The summed E-state index contributed by atoms with van der Waals surface area (Å²) in [4.78, 5) is 41.0. The van der Waals surface area contributed by atoms with Crippen LogP contribution >= 0.6 is 0 Å². The second kappa shape index (κ2) is 13.5. The third-order valence-electron chi connectivity index (χ3n) is 8.15. The highest BCUT2D eigenvalue weighted by atomic mass is 16.5. The van der Waals surface area contributed by atoms with Gasteiger partial charge in [0.2, 0.25) is 0 Å². The van der Waals surface area contributed by atoms with E-state index in [1.54, 1.807) is 6.92 Å². The van der Waals surface area contributed by atoms with Gasteiger partial charge in [-0.05, 0) is 73.1 Å².